The van der Waals surface area contributed by atoms with Crippen molar-refractivity contribution in [3.8, 4) is 0 Å². The lowest BCUT2D eigenvalue weighted by atomic mass is 10.0. The fourth-order valence-electron chi connectivity index (χ4n) is 3.47. The fraction of sp³-hybridized carbons (Fsp3) is 0.450. The molecule has 132 valence electrons. The number of hydrogen-bond acceptors (Lipinski definition) is 4. The molecule has 25 heavy (non-hydrogen) atoms. The third kappa shape index (κ3) is 4.11. The molecule has 1 aliphatic carbocycles. The Bertz CT molecular complexity index is 674. The van der Waals surface area contributed by atoms with Gasteiger partial charge in [-0.1, -0.05) is 30.3 Å². The molecule has 5 heteroatoms. The van der Waals surface area contributed by atoms with Crippen molar-refractivity contribution >= 4 is 5.91 Å². The molecule has 0 spiro atoms. The second kappa shape index (κ2) is 7.42. The zero-order chi connectivity index (χ0) is 17.1. The van der Waals surface area contributed by atoms with E-state index in [4.69, 9.17) is 4.42 Å². The SMILES string of the molecule is O=C(NC1CC1)[C@H](c1ccccc1)N1CCN(Cc2ccco2)CC1. The van der Waals surface area contributed by atoms with Crippen LogP contribution in [0.2, 0.25) is 0 Å². The van der Waals surface area contributed by atoms with E-state index in [1.807, 2.05) is 30.3 Å². The monoisotopic (exact) mass is 339 g/mol. The molecule has 2 aromatic rings. The minimum Gasteiger partial charge on any atom is -0.468 e. The Hall–Kier alpha value is -2.11. The number of benzene rings is 1. The third-order valence-corrected chi connectivity index (χ3v) is 5.02. The zero-order valence-electron chi connectivity index (χ0n) is 14.4. The highest BCUT2D eigenvalue weighted by Gasteiger charge is 2.33. The van der Waals surface area contributed by atoms with Gasteiger partial charge in [0.15, 0.2) is 0 Å². The van der Waals surface area contributed by atoms with Crippen LogP contribution >= 0.6 is 0 Å². The summed E-state index contributed by atoms with van der Waals surface area (Å²) in [5.74, 6) is 1.15. The van der Waals surface area contributed by atoms with Crippen molar-refractivity contribution in [3.05, 3.63) is 60.1 Å². The van der Waals surface area contributed by atoms with E-state index in [2.05, 4.69) is 27.2 Å². The maximum Gasteiger partial charge on any atom is 0.242 e. The van der Waals surface area contributed by atoms with E-state index < -0.39 is 0 Å². The van der Waals surface area contributed by atoms with Crippen molar-refractivity contribution in [2.24, 2.45) is 0 Å². The predicted molar refractivity (Wildman–Crippen MR) is 95.9 cm³/mol. The summed E-state index contributed by atoms with van der Waals surface area (Å²) < 4.78 is 5.45. The van der Waals surface area contributed by atoms with Crippen LogP contribution in [0.3, 0.4) is 0 Å². The number of furan rings is 1. The van der Waals surface area contributed by atoms with Gasteiger partial charge in [-0.2, -0.15) is 0 Å². The Morgan fingerprint density at radius 1 is 1.08 bits per heavy atom. The van der Waals surface area contributed by atoms with Crippen LogP contribution in [-0.4, -0.2) is 47.9 Å². The summed E-state index contributed by atoms with van der Waals surface area (Å²) in [6, 6.07) is 14.3. The van der Waals surface area contributed by atoms with Crippen LogP contribution in [0.4, 0.5) is 0 Å². The lowest BCUT2D eigenvalue weighted by Gasteiger charge is -2.38. The van der Waals surface area contributed by atoms with Gasteiger partial charge in [-0.15, -0.1) is 0 Å². The number of carbonyl (C=O) groups excluding carboxylic acids is 1. The predicted octanol–water partition coefficient (Wildman–Crippen LogP) is 2.42. The molecule has 1 saturated carbocycles. The Morgan fingerprint density at radius 2 is 1.84 bits per heavy atom. The third-order valence-electron chi connectivity index (χ3n) is 5.02. The normalized spacial score (nSPS) is 20.3. The molecule has 1 N–H and O–H groups in total. The van der Waals surface area contributed by atoms with Crippen molar-refractivity contribution in [2.45, 2.75) is 31.5 Å². The molecule has 1 saturated heterocycles. The minimum absolute atomic E-state index is 0.146. The zero-order valence-corrected chi connectivity index (χ0v) is 14.4. The van der Waals surface area contributed by atoms with E-state index in [0.29, 0.717) is 6.04 Å². The molecule has 2 aliphatic rings. The quantitative estimate of drug-likeness (QED) is 0.878. The summed E-state index contributed by atoms with van der Waals surface area (Å²) in [4.78, 5) is 17.5. The second-order valence-electron chi connectivity index (χ2n) is 6.99. The van der Waals surface area contributed by atoms with Gasteiger partial charge in [-0.3, -0.25) is 14.6 Å². The molecule has 0 unspecified atom stereocenters. The van der Waals surface area contributed by atoms with E-state index in [-0.39, 0.29) is 11.9 Å². The molecule has 1 aromatic carbocycles. The van der Waals surface area contributed by atoms with Gasteiger partial charge in [0.05, 0.1) is 12.8 Å². The molecule has 1 atom stereocenters. The Morgan fingerprint density at radius 3 is 2.48 bits per heavy atom. The van der Waals surface area contributed by atoms with E-state index in [1.165, 1.54) is 0 Å². The number of piperazine rings is 1. The lowest BCUT2D eigenvalue weighted by Crippen LogP contribution is -2.50. The first-order valence-corrected chi connectivity index (χ1v) is 9.14. The first kappa shape index (κ1) is 16.4. The van der Waals surface area contributed by atoms with Crippen LogP contribution < -0.4 is 5.32 Å². The molecule has 0 bridgehead atoms. The van der Waals surface area contributed by atoms with Crippen LogP contribution in [0.25, 0.3) is 0 Å². The maximum atomic E-state index is 12.8. The Labute approximate surface area is 148 Å². The first-order chi connectivity index (χ1) is 12.3. The highest BCUT2D eigenvalue weighted by molar-refractivity contribution is 5.83. The van der Waals surface area contributed by atoms with Gasteiger partial charge in [0.25, 0.3) is 0 Å². The second-order valence-corrected chi connectivity index (χ2v) is 6.99. The molecule has 1 amide bonds. The lowest BCUT2D eigenvalue weighted by molar-refractivity contribution is -0.127. The average Bonchev–Trinajstić information content (AvgIpc) is 3.30. The standard InChI is InChI=1S/C20H25N3O2/c24-20(21-17-8-9-17)19(16-5-2-1-3-6-16)23-12-10-22(11-13-23)15-18-7-4-14-25-18/h1-7,14,17,19H,8-13,15H2,(H,21,24)/t19-/m0/s1. The van der Waals surface area contributed by atoms with Crippen LogP contribution in [0.15, 0.2) is 53.1 Å². The molecular weight excluding hydrogens is 314 g/mol. The Balaban J connectivity index is 1.42. The van der Waals surface area contributed by atoms with E-state index in [9.17, 15) is 4.79 Å². The van der Waals surface area contributed by atoms with Crippen LogP contribution in [0.1, 0.15) is 30.2 Å². The van der Waals surface area contributed by atoms with Gasteiger partial charge in [0.2, 0.25) is 5.91 Å². The van der Waals surface area contributed by atoms with Crippen molar-refractivity contribution in [3.63, 3.8) is 0 Å². The van der Waals surface area contributed by atoms with Gasteiger partial charge >= 0.3 is 0 Å². The van der Waals surface area contributed by atoms with Crippen molar-refractivity contribution in [1.29, 1.82) is 0 Å². The van der Waals surface area contributed by atoms with Crippen LogP contribution in [0.5, 0.6) is 0 Å². The molecular formula is C20H25N3O2. The molecule has 1 aliphatic heterocycles. The number of hydrogen-bond donors (Lipinski definition) is 1. The summed E-state index contributed by atoms with van der Waals surface area (Å²) in [6.07, 6.45) is 3.95. The van der Waals surface area contributed by atoms with E-state index in [0.717, 1.165) is 56.9 Å². The molecule has 1 aromatic heterocycles. The summed E-state index contributed by atoms with van der Waals surface area (Å²) in [5, 5.41) is 3.19. The molecule has 2 fully saturated rings. The Kier molecular flexibility index (Phi) is 4.85. The van der Waals surface area contributed by atoms with Gasteiger partial charge in [0.1, 0.15) is 11.8 Å². The van der Waals surface area contributed by atoms with E-state index >= 15 is 0 Å². The highest BCUT2D eigenvalue weighted by Crippen LogP contribution is 2.26. The fourth-order valence-corrected chi connectivity index (χ4v) is 3.47. The number of amides is 1. The van der Waals surface area contributed by atoms with Crippen molar-refractivity contribution in [2.75, 3.05) is 26.2 Å². The van der Waals surface area contributed by atoms with Crippen LogP contribution in [0, 0.1) is 0 Å². The van der Waals surface area contributed by atoms with Crippen molar-refractivity contribution < 1.29 is 9.21 Å². The van der Waals surface area contributed by atoms with Crippen LogP contribution in [-0.2, 0) is 11.3 Å². The largest absolute Gasteiger partial charge is 0.468 e. The number of nitrogens with zero attached hydrogens (tertiary/aromatic N) is 2. The summed E-state index contributed by atoms with van der Waals surface area (Å²) in [5.41, 5.74) is 1.08. The first-order valence-electron chi connectivity index (χ1n) is 9.14. The summed E-state index contributed by atoms with van der Waals surface area (Å²) >= 11 is 0. The van der Waals surface area contributed by atoms with Gasteiger partial charge in [-0.05, 0) is 30.5 Å². The van der Waals surface area contributed by atoms with Gasteiger partial charge < -0.3 is 9.73 Å². The average molecular weight is 339 g/mol. The molecule has 5 nitrogen and oxygen atoms in total. The van der Waals surface area contributed by atoms with Gasteiger partial charge in [-0.25, -0.2) is 0 Å². The summed E-state index contributed by atoms with van der Waals surface area (Å²) in [7, 11) is 0. The smallest absolute Gasteiger partial charge is 0.242 e. The topological polar surface area (TPSA) is 48.7 Å². The molecule has 0 radical (unpaired) electrons. The van der Waals surface area contributed by atoms with E-state index in [1.54, 1.807) is 6.26 Å². The highest BCUT2D eigenvalue weighted by atomic mass is 16.3. The summed E-state index contributed by atoms with van der Waals surface area (Å²) in [6.45, 7) is 4.50. The minimum atomic E-state index is -0.187. The number of carbonyl (C=O) groups is 1. The van der Waals surface area contributed by atoms with Gasteiger partial charge in [0, 0.05) is 32.2 Å². The molecule has 4 rings (SSSR count). The number of rotatable bonds is 6. The number of nitrogens with one attached hydrogen (secondary N) is 1. The van der Waals surface area contributed by atoms with Crippen molar-refractivity contribution in [1.82, 2.24) is 15.1 Å². The maximum absolute atomic E-state index is 12.8. The molecule has 2 heterocycles.